The van der Waals surface area contributed by atoms with Crippen LogP contribution < -0.4 is 15.4 Å². The normalized spacial score (nSPS) is 17.4. The maximum atomic E-state index is 11.5. The van der Waals surface area contributed by atoms with Gasteiger partial charge < -0.3 is 20.3 Å². The maximum absolute atomic E-state index is 11.5. The second kappa shape index (κ2) is 8.14. The van der Waals surface area contributed by atoms with Crippen LogP contribution in [0.15, 0.2) is 30.7 Å². The minimum atomic E-state index is 0.118. The van der Waals surface area contributed by atoms with E-state index in [0.29, 0.717) is 6.67 Å². The van der Waals surface area contributed by atoms with E-state index in [-0.39, 0.29) is 12.0 Å². The average Bonchev–Trinajstić information content (AvgIpc) is 2.73. The van der Waals surface area contributed by atoms with Gasteiger partial charge in [0.2, 0.25) is 5.91 Å². The number of hydrogen-bond acceptors (Lipinski definition) is 6. The van der Waals surface area contributed by atoms with Gasteiger partial charge in [-0.05, 0) is 30.5 Å². The predicted molar refractivity (Wildman–Crippen MR) is 108 cm³/mol. The fraction of sp³-hybridized carbons (Fsp3) is 0.476. The van der Waals surface area contributed by atoms with Crippen LogP contribution in [0.3, 0.4) is 0 Å². The number of piperidine rings is 1. The Hall–Kier alpha value is -2.67. The fourth-order valence-corrected chi connectivity index (χ4v) is 4.00. The Kier molecular flexibility index (Phi) is 5.43. The number of nitrogens with two attached hydrogens (primary N) is 1. The summed E-state index contributed by atoms with van der Waals surface area (Å²) in [7, 11) is 0. The molecule has 0 bridgehead atoms. The van der Waals surface area contributed by atoms with E-state index in [0.717, 1.165) is 68.0 Å². The molecule has 0 aliphatic carbocycles. The van der Waals surface area contributed by atoms with Crippen molar-refractivity contribution in [2.45, 2.75) is 38.7 Å². The molecule has 2 aromatic rings. The van der Waals surface area contributed by atoms with Crippen LogP contribution in [0.4, 0.5) is 5.82 Å². The lowest BCUT2D eigenvalue weighted by Crippen LogP contribution is -2.40. The number of aromatic nitrogens is 2. The second-order valence-electron chi connectivity index (χ2n) is 7.49. The minimum absolute atomic E-state index is 0.118. The van der Waals surface area contributed by atoms with Crippen molar-refractivity contribution in [3.63, 3.8) is 0 Å². The summed E-state index contributed by atoms with van der Waals surface area (Å²) < 4.78 is 6.15. The molecule has 28 heavy (non-hydrogen) atoms. The van der Waals surface area contributed by atoms with E-state index in [1.807, 2.05) is 23.4 Å². The highest BCUT2D eigenvalue weighted by Crippen LogP contribution is 2.30. The van der Waals surface area contributed by atoms with Gasteiger partial charge in [0.25, 0.3) is 0 Å². The Bertz CT molecular complexity index is 848. The summed E-state index contributed by atoms with van der Waals surface area (Å²) in [6.45, 7) is 4.57. The van der Waals surface area contributed by atoms with Gasteiger partial charge in [-0.2, -0.15) is 0 Å². The SMILES string of the molecule is CC(=O)N1CCC(Oc2cncc(-c3cnc4c(c3)CCCN4CN)c2)CC1. The number of ether oxygens (including phenoxy) is 1. The molecule has 0 unspecified atom stereocenters. The molecule has 2 aliphatic rings. The molecular weight excluding hydrogens is 354 g/mol. The summed E-state index contributed by atoms with van der Waals surface area (Å²) in [5, 5.41) is 0. The summed E-state index contributed by atoms with van der Waals surface area (Å²) in [5.41, 5.74) is 9.11. The molecule has 1 amide bonds. The molecule has 2 aromatic heterocycles. The molecule has 148 valence electrons. The van der Waals surface area contributed by atoms with Crippen LogP contribution in [-0.4, -0.2) is 53.2 Å². The fourth-order valence-electron chi connectivity index (χ4n) is 4.00. The molecule has 1 fully saturated rings. The van der Waals surface area contributed by atoms with Crippen molar-refractivity contribution >= 4 is 11.7 Å². The van der Waals surface area contributed by atoms with Gasteiger partial charge in [-0.1, -0.05) is 0 Å². The van der Waals surface area contributed by atoms with E-state index in [1.165, 1.54) is 5.56 Å². The Balaban J connectivity index is 1.48. The number of fused-ring (bicyclic) bond motifs is 1. The highest BCUT2D eigenvalue weighted by atomic mass is 16.5. The number of amides is 1. The molecule has 4 rings (SSSR count). The van der Waals surface area contributed by atoms with E-state index < -0.39 is 0 Å². The lowest BCUT2D eigenvalue weighted by atomic mass is 10.0. The molecule has 0 aromatic carbocycles. The lowest BCUT2D eigenvalue weighted by Gasteiger charge is -2.31. The zero-order chi connectivity index (χ0) is 19.5. The topological polar surface area (TPSA) is 84.6 Å². The predicted octanol–water partition coefficient (Wildman–Crippen LogP) is 2.20. The molecule has 7 nitrogen and oxygen atoms in total. The highest BCUT2D eigenvalue weighted by Gasteiger charge is 2.22. The summed E-state index contributed by atoms with van der Waals surface area (Å²) in [5.74, 6) is 1.89. The molecule has 7 heteroatoms. The van der Waals surface area contributed by atoms with Crippen LogP contribution in [0.1, 0.15) is 31.7 Å². The Labute approximate surface area is 165 Å². The van der Waals surface area contributed by atoms with Crippen LogP contribution in [-0.2, 0) is 11.2 Å². The number of nitrogens with zero attached hydrogens (tertiary/aromatic N) is 4. The first-order valence-electron chi connectivity index (χ1n) is 9.95. The molecule has 4 heterocycles. The molecular formula is C21H27N5O2. The van der Waals surface area contributed by atoms with Gasteiger partial charge in [0, 0.05) is 62.9 Å². The van der Waals surface area contributed by atoms with E-state index in [4.69, 9.17) is 10.5 Å². The highest BCUT2D eigenvalue weighted by molar-refractivity contribution is 5.73. The van der Waals surface area contributed by atoms with Gasteiger partial charge in [-0.25, -0.2) is 4.98 Å². The van der Waals surface area contributed by atoms with Crippen LogP contribution >= 0.6 is 0 Å². The average molecular weight is 381 g/mol. The van der Waals surface area contributed by atoms with E-state index in [9.17, 15) is 4.79 Å². The molecule has 0 radical (unpaired) electrons. The van der Waals surface area contributed by atoms with Gasteiger partial charge in [0.05, 0.1) is 12.9 Å². The number of carbonyl (C=O) groups excluding carboxylic acids is 1. The zero-order valence-corrected chi connectivity index (χ0v) is 16.3. The Morgan fingerprint density at radius 1 is 1.18 bits per heavy atom. The molecule has 0 spiro atoms. The van der Waals surface area contributed by atoms with Crippen LogP contribution in [0.25, 0.3) is 11.1 Å². The van der Waals surface area contributed by atoms with Crippen molar-refractivity contribution in [3.05, 3.63) is 36.3 Å². The van der Waals surface area contributed by atoms with Crippen molar-refractivity contribution < 1.29 is 9.53 Å². The standard InChI is InChI=1S/C21H27N5O2/c1-15(27)25-7-4-19(5-8-25)28-20-10-18(11-23-13-20)17-9-16-3-2-6-26(14-22)21(16)24-12-17/h9-13,19H,2-8,14,22H2,1H3. The van der Waals surface area contributed by atoms with Gasteiger partial charge >= 0.3 is 0 Å². The smallest absolute Gasteiger partial charge is 0.219 e. The zero-order valence-electron chi connectivity index (χ0n) is 16.3. The molecule has 2 aliphatic heterocycles. The van der Waals surface area contributed by atoms with E-state index in [1.54, 1.807) is 13.1 Å². The first-order chi connectivity index (χ1) is 13.6. The summed E-state index contributed by atoms with van der Waals surface area (Å²) >= 11 is 0. The third-order valence-corrected chi connectivity index (χ3v) is 5.57. The van der Waals surface area contributed by atoms with Crippen molar-refractivity contribution in [2.75, 3.05) is 31.2 Å². The van der Waals surface area contributed by atoms with E-state index >= 15 is 0 Å². The third kappa shape index (κ3) is 3.94. The molecule has 0 saturated carbocycles. The number of rotatable bonds is 4. The number of anilines is 1. The van der Waals surface area contributed by atoms with Crippen molar-refractivity contribution in [1.29, 1.82) is 0 Å². The lowest BCUT2D eigenvalue weighted by molar-refractivity contribution is -0.130. The number of likely N-dealkylation sites (tertiary alicyclic amines) is 1. The first-order valence-corrected chi connectivity index (χ1v) is 9.95. The second-order valence-corrected chi connectivity index (χ2v) is 7.49. The number of carbonyl (C=O) groups is 1. The van der Waals surface area contributed by atoms with Crippen LogP contribution in [0.5, 0.6) is 5.75 Å². The largest absolute Gasteiger partial charge is 0.489 e. The van der Waals surface area contributed by atoms with Gasteiger partial charge in [0.1, 0.15) is 17.7 Å². The van der Waals surface area contributed by atoms with Crippen molar-refractivity contribution in [1.82, 2.24) is 14.9 Å². The summed E-state index contributed by atoms with van der Waals surface area (Å²) in [6.07, 6.45) is 9.41. The number of aryl methyl sites for hydroxylation is 1. The van der Waals surface area contributed by atoms with Gasteiger partial charge in [-0.3, -0.25) is 9.78 Å². The quantitative estimate of drug-likeness (QED) is 0.874. The summed E-state index contributed by atoms with van der Waals surface area (Å²) in [4.78, 5) is 24.5. The Morgan fingerprint density at radius 2 is 1.96 bits per heavy atom. The number of pyridine rings is 2. The third-order valence-electron chi connectivity index (χ3n) is 5.57. The van der Waals surface area contributed by atoms with E-state index in [2.05, 4.69) is 20.9 Å². The first kappa shape index (κ1) is 18.7. The summed E-state index contributed by atoms with van der Waals surface area (Å²) in [6, 6.07) is 4.22. The monoisotopic (exact) mass is 381 g/mol. The van der Waals surface area contributed by atoms with Crippen molar-refractivity contribution in [3.8, 4) is 16.9 Å². The minimum Gasteiger partial charge on any atom is -0.489 e. The molecule has 2 N–H and O–H groups in total. The molecule has 0 atom stereocenters. The number of hydrogen-bond donors (Lipinski definition) is 1. The molecule has 1 saturated heterocycles. The van der Waals surface area contributed by atoms with Gasteiger partial charge in [-0.15, -0.1) is 0 Å². The van der Waals surface area contributed by atoms with Crippen molar-refractivity contribution in [2.24, 2.45) is 5.73 Å². The van der Waals surface area contributed by atoms with Crippen LogP contribution in [0, 0.1) is 0 Å². The maximum Gasteiger partial charge on any atom is 0.219 e. The Morgan fingerprint density at radius 3 is 2.71 bits per heavy atom. The van der Waals surface area contributed by atoms with Crippen LogP contribution in [0.2, 0.25) is 0 Å². The van der Waals surface area contributed by atoms with Gasteiger partial charge in [0.15, 0.2) is 0 Å².